The van der Waals surface area contributed by atoms with Crippen LogP contribution in [0.25, 0.3) is 0 Å². The maximum absolute atomic E-state index is 11.1. The van der Waals surface area contributed by atoms with E-state index in [0.29, 0.717) is 12.8 Å². The average Bonchev–Trinajstić information content (AvgIpc) is 2.69. The molecule has 0 heterocycles. The Balaban J connectivity index is 2.41. The molecule has 0 spiro atoms. The molecule has 1 rings (SSSR count). The lowest BCUT2D eigenvalue weighted by Gasteiger charge is -2.12. The van der Waals surface area contributed by atoms with E-state index in [1.54, 1.807) is 0 Å². The summed E-state index contributed by atoms with van der Waals surface area (Å²) in [5.74, 6) is -1.41. The van der Waals surface area contributed by atoms with Crippen molar-refractivity contribution in [2.24, 2.45) is 5.73 Å². The second kappa shape index (κ2) is 2.75. The number of amides is 1. The number of nitrogens with one attached hydrogen (secondary N) is 1. The number of nitrogens with two attached hydrogens (primary N) is 1. The van der Waals surface area contributed by atoms with E-state index in [4.69, 9.17) is 10.8 Å². The van der Waals surface area contributed by atoms with Crippen LogP contribution in [0.15, 0.2) is 0 Å². The predicted molar refractivity (Wildman–Crippen MR) is 41.4 cm³/mol. The summed E-state index contributed by atoms with van der Waals surface area (Å²) in [5, 5.41) is 10.8. The molecule has 5 heteroatoms. The lowest BCUT2D eigenvalue weighted by Crippen LogP contribution is -2.48. The third-order valence-electron chi connectivity index (χ3n) is 1.96. The number of carbonyl (C=O) groups is 2. The molecule has 0 aromatic heterocycles. The van der Waals surface area contributed by atoms with Gasteiger partial charge in [0.1, 0.15) is 6.04 Å². The van der Waals surface area contributed by atoms with E-state index < -0.39 is 17.6 Å². The molecular weight excluding hydrogens is 160 g/mol. The maximum atomic E-state index is 11.1. The number of aliphatic carboxylic acids is 1. The second-order valence-electron chi connectivity index (χ2n) is 3.19. The monoisotopic (exact) mass is 172 g/mol. The van der Waals surface area contributed by atoms with Crippen molar-refractivity contribution in [3.63, 3.8) is 0 Å². The summed E-state index contributed by atoms with van der Waals surface area (Å²) in [6.07, 6.45) is 1.29. The Kier molecular flexibility index (Phi) is 2.06. The van der Waals surface area contributed by atoms with Crippen molar-refractivity contribution in [1.82, 2.24) is 5.32 Å². The Labute approximate surface area is 69.9 Å². The zero-order valence-corrected chi connectivity index (χ0v) is 6.83. The molecule has 0 radical (unpaired) electrons. The summed E-state index contributed by atoms with van der Waals surface area (Å²) in [4.78, 5) is 21.5. The quantitative estimate of drug-likeness (QED) is 0.512. The molecule has 1 aliphatic carbocycles. The first-order chi connectivity index (χ1) is 5.46. The van der Waals surface area contributed by atoms with Gasteiger partial charge in [-0.3, -0.25) is 9.59 Å². The van der Waals surface area contributed by atoms with Crippen molar-refractivity contribution in [2.75, 3.05) is 0 Å². The Morgan fingerprint density at radius 3 is 2.42 bits per heavy atom. The molecule has 1 saturated carbocycles. The van der Waals surface area contributed by atoms with Crippen LogP contribution in [-0.4, -0.2) is 28.6 Å². The fourth-order valence-electron chi connectivity index (χ4n) is 0.764. The van der Waals surface area contributed by atoms with E-state index in [2.05, 4.69) is 5.32 Å². The minimum Gasteiger partial charge on any atom is -0.480 e. The van der Waals surface area contributed by atoms with Gasteiger partial charge in [0.2, 0.25) is 5.91 Å². The number of hydrogen-bond donors (Lipinski definition) is 3. The Hall–Kier alpha value is -1.10. The highest BCUT2D eigenvalue weighted by atomic mass is 16.4. The Bertz CT molecular complexity index is 223. The summed E-state index contributed by atoms with van der Waals surface area (Å²) < 4.78 is 0. The van der Waals surface area contributed by atoms with E-state index in [0.717, 1.165) is 0 Å². The number of carboxylic acids is 1. The lowest BCUT2D eigenvalue weighted by molar-refractivity contribution is -0.141. The summed E-state index contributed by atoms with van der Waals surface area (Å²) in [6.45, 7) is 1.41. The van der Waals surface area contributed by atoms with Gasteiger partial charge in [0.05, 0.1) is 5.54 Å². The van der Waals surface area contributed by atoms with Crippen LogP contribution < -0.4 is 11.1 Å². The van der Waals surface area contributed by atoms with Gasteiger partial charge < -0.3 is 16.2 Å². The minimum atomic E-state index is -1.05. The number of rotatable bonds is 3. The molecule has 0 saturated heterocycles. The van der Waals surface area contributed by atoms with Gasteiger partial charge in [-0.05, 0) is 19.8 Å². The van der Waals surface area contributed by atoms with Crippen molar-refractivity contribution in [3.05, 3.63) is 0 Å². The molecule has 0 aliphatic heterocycles. The van der Waals surface area contributed by atoms with Gasteiger partial charge in [-0.1, -0.05) is 0 Å². The molecule has 68 valence electrons. The van der Waals surface area contributed by atoms with E-state index >= 15 is 0 Å². The first-order valence-corrected chi connectivity index (χ1v) is 3.78. The van der Waals surface area contributed by atoms with E-state index in [1.165, 1.54) is 6.92 Å². The van der Waals surface area contributed by atoms with Gasteiger partial charge in [-0.2, -0.15) is 0 Å². The largest absolute Gasteiger partial charge is 0.480 e. The van der Waals surface area contributed by atoms with Crippen LogP contribution in [0.1, 0.15) is 19.8 Å². The van der Waals surface area contributed by atoms with Crippen LogP contribution in [-0.2, 0) is 9.59 Å². The highest BCUT2D eigenvalue weighted by Crippen LogP contribution is 2.32. The molecule has 1 atom stereocenters. The third-order valence-corrected chi connectivity index (χ3v) is 1.96. The van der Waals surface area contributed by atoms with Gasteiger partial charge in [0.25, 0.3) is 0 Å². The van der Waals surface area contributed by atoms with E-state index in [9.17, 15) is 9.59 Å². The summed E-state index contributed by atoms with van der Waals surface area (Å²) in [7, 11) is 0. The topological polar surface area (TPSA) is 92.4 Å². The van der Waals surface area contributed by atoms with Gasteiger partial charge in [-0.15, -0.1) is 0 Å². The highest BCUT2D eigenvalue weighted by Gasteiger charge is 2.46. The van der Waals surface area contributed by atoms with E-state index in [-0.39, 0.29) is 5.91 Å². The second-order valence-corrected chi connectivity index (χ2v) is 3.19. The summed E-state index contributed by atoms with van der Waals surface area (Å²) in [6, 6.07) is -0.862. The highest BCUT2D eigenvalue weighted by molar-refractivity contribution is 5.92. The van der Waals surface area contributed by atoms with Crippen molar-refractivity contribution < 1.29 is 14.7 Å². The zero-order chi connectivity index (χ0) is 9.35. The van der Waals surface area contributed by atoms with Crippen LogP contribution in [0, 0.1) is 0 Å². The SMILES string of the molecule is C[C@@H](NC(=O)C1(N)CC1)C(=O)O. The van der Waals surface area contributed by atoms with Crippen molar-refractivity contribution in [2.45, 2.75) is 31.3 Å². The maximum Gasteiger partial charge on any atom is 0.325 e. The zero-order valence-electron chi connectivity index (χ0n) is 6.83. The molecule has 12 heavy (non-hydrogen) atoms. The van der Waals surface area contributed by atoms with Crippen LogP contribution in [0.4, 0.5) is 0 Å². The van der Waals surface area contributed by atoms with Crippen molar-refractivity contribution in [3.8, 4) is 0 Å². The molecule has 0 aromatic rings. The molecule has 1 amide bonds. The first kappa shape index (κ1) is 8.99. The Morgan fingerprint density at radius 2 is 2.08 bits per heavy atom. The van der Waals surface area contributed by atoms with E-state index in [1.807, 2.05) is 0 Å². The molecule has 0 aromatic carbocycles. The van der Waals surface area contributed by atoms with Crippen LogP contribution in [0.5, 0.6) is 0 Å². The third kappa shape index (κ3) is 1.73. The van der Waals surface area contributed by atoms with Crippen molar-refractivity contribution >= 4 is 11.9 Å². The molecule has 4 N–H and O–H groups in total. The smallest absolute Gasteiger partial charge is 0.325 e. The van der Waals surface area contributed by atoms with Crippen LogP contribution >= 0.6 is 0 Å². The fraction of sp³-hybridized carbons (Fsp3) is 0.714. The molecule has 1 aliphatic rings. The fourth-order valence-corrected chi connectivity index (χ4v) is 0.764. The average molecular weight is 172 g/mol. The standard InChI is InChI=1S/C7H12N2O3/c1-4(5(10)11)9-6(12)7(8)2-3-7/h4H,2-3,8H2,1H3,(H,9,12)(H,10,11)/t4-/m1/s1. The number of carbonyl (C=O) groups excluding carboxylic acids is 1. The normalized spacial score (nSPS) is 21.2. The minimum absolute atomic E-state index is 0.364. The predicted octanol–water partition coefficient (Wildman–Crippen LogP) is -0.933. The molecule has 0 unspecified atom stereocenters. The summed E-state index contributed by atoms with van der Waals surface area (Å²) >= 11 is 0. The van der Waals surface area contributed by atoms with Crippen molar-refractivity contribution in [1.29, 1.82) is 0 Å². The van der Waals surface area contributed by atoms with Gasteiger partial charge >= 0.3 is 5.97 Å². The van der Waals surface area contributed by atoms with Gasteiger partial charge in [0, 0.05) is 0 Å². The number of carboxylic acid groups (broad SMARTS) is 1. The van der Waals surface area contributed by atoms with Crippen LogP contribution in [0.2, 0.25) is 0 Å². The molecule has 5 nitrogen and oxygen atoms in total. The molecule has 0 bridgehead atoms. The summed E-state index contributed by atoms with van der Waals surface area (Å²) in [5.41, 5.74) is 4.75. The Morgan fingerprint density at radius 1 is 1.58 bits per heavy atom. The first-order valence-electron chi connectivity index (χ1n) is 3.78. The van der Waals surface area contributed by atoms with Crippen LogP contribution in [0.3, 0.4) is 0 Å². The van der Waals surface area contributed by atoms with Gasteiger partial charge in [0.15, 0.2) is 0 Å². The molecule has 1 fully saturated rings. The number of hydrogen-bond acceptors (Lipinski definition) is 3. The molecular formula is C7H12N2O3. The lowest BCUT2D eigenvalue weighted by atomic mass is 10.2. The van der Waals surface area contributed by atoms with Gasteiger partial charge in [-0.25, -0.2) is 0 Å².